The number of nitriles is 1. The van der Waals surface area contributed by atoms with Gasteiger partial charge in [-0.15, -0.1) is 11.3 Å². The second-order valence-electron chi connectivity index (χ2n) is 6.18. The smallest absolute Gasteiger partial charge is 0.201 e. The Balaban J connectivity index is 2.20. The maximum atomic E-state index is 9.58. The summed E-state index contributed by atoms with van der Waals surface area (Å²) >= 11 is 1.74. The van der Waals surface area contributed by atoms with Crippen molar-refractivity contribution in [1.29, 1.82) is 5.26 Å². The molecule has 2 heterocycles. The summed E-state index contributed by atoms with van der Waals surface area (Å²) < 4.78 is 4.51. The predicted octanol–water partition coefficient (Wildman–Crippen LogP) is 5.03. The van der Waals surface area contributed by atoms with Crippen LogP contribution in [0.3, 0.4) is 0 Å². The molecular formula is C21H17N2S+. The van der Waals surface area contributed by atoms with Gasteiger partial charge in [0.2, 0.25) is 5.69 Å². The van der Waals surface area contributed by atoms with E-state index < -0.39 is 0 Å². The lowest BCUT2D eigenvalue weighted by Crippen LogP contribution is -2.30. The summed E-state index contributed by atoms with van der Waals surface area (Å²) in [7, 11) is 2.08. The zero-order valence-electron chi connectivity index (χ0n) is 13.9. The monoisotopic (exact) mass is 329 g/mol. The van der Waals surface area contributed by atoms with E-state index in [1.165, 1.54) is 32.3 Å². The van der Waals surface area contributed by atoms with Gasteiger partial charge in [0.25, 0.3) is 0 Å². The normalized spacial score (nSPS) is 11.1. The molecule has 0 aliphatic heterocycles. The molecule has 2 aromatic heterocycles. The lowest BCUT2D eigenvalue weighted by Gasteiger charge is -2.05. The molecule has 0 aliphatic carbocycles. The first kappa shape index (κ1) is 14.9. The quantitative estimate of drug-likeness (QED) is 0.450. The summed E-state index contributed by atoms with van der Waals surface area (Å²) in [5, 5.41) is 12.0. The molecule has 2 nitrogen and oxygen atoms in total. The van der Waals surface area contributed by atoms with Crippen molar-refractivity contribution in [2.24, 2.45) is 7.05 Å². The molecule has 4 rings (SSSR count). The molecule has 0 amide bonds. The molecule has 0 saturated heterocycles. The fourth-order valence-electron chi connectivity index (χ4n) is 3.34. The molecule has 2 aromatic carbocycles. The minimum atomic E-state index is 0.801. The third kappa shape index (κ3) is 2.04. The van der Waals surface area contributed by atoms with Gasteiger partial charge in [0.15, 0.2) is 6.20 Å². The van der Waals surface area contributed by atoms with Crippen molar-refractivity contribution in [2.75, 3.05) is 0 Å². The number of aromatic nitrogens is 1. The number of rotatable bonds is 1. The van der Waals surface area contributed by atoms with E-state index in [9.17, 15) is 5.26 Å². The Labute approximate surface area is 145 Å². The number of aryl methyl sites for hydroxylation is 3. The lowest BCUT2D eigenvalue weighted by atomic mass is 9.99. The molecule has 3 heteroatoms. The van der Waals surface area contributed by atoms with Crippen LogP contribution in [-0.4, -0.2) is 0 Å². The fourth-order valence-corrected chi connectivity index (χ4v) is 4.80. The minimum absolute atomic E-state index is 0.801. The molecule has 0 N–H and O–H groups in total. The molecular weight excluding hydrogens is 312 g/mol. The van der Waals surface area contributed by atoms with Crippen molar-refractivity contribution in [3.63, 3.8) is 0 Å². The van der Waals surface area contributed by atoms with Crippen LogP contribution in [0.5, 0.6) is 0 Å². The average Bonchev–Trinajstić information content (AvgIpc) is 2.94. The van der Waals surface area contributed by atoms with Crippen molar-refractivity contribution in [1.82, 2.24) is 0 Å². The van der Waals surface area contributed by atoms with Crippen LogP contribution in [0.25, 0.3) is 31.4 Å². The number of hydrogen-bond donors (Lipinski definition) is 0. The summed E-state index contributed by atoms with van der Waals surface area (Å²) in [5.41, 5.74) is 5.56. The Morgan fingerprint density at radius 1 is 0.917 bits per heavy atom. The standard InChI is InChI=1S/C21H17N2S/c1-13-7-9-15-16-10-8-14(2)19(18-6-4-5-11-23(18)3)21(16)24-20(15)17(13)12-22/h4-11H,1-3H3/q+1. The molecule has 0 aliphatic rings. The van der Waals surface area contributed by atoms with Gasteiger partial charge in [-0.05, 0) is 31.0 Å². The van der Waals surface area contributed by atoms with Crippen LogP contribution in [0.15, 0.2) is 48.7 Å². The molecule has 0 atom stereocenters. The molecule has 0 fully saturated rings. The Bertz CT molecular complexity index is 1150. The number of nitrogens with zero attached hydrogens (tertiary/aromatic N) is 2. The van der Waals surface area contributed by atoms with Gasteiger partial charge >= 0.3 is 0 Å². The molecule has 0 bridgehead atoms. The maximum Gasteiger partial charge on any atom is 0.213 e. The van der Waals surface area contributed by atoms with Gasteiger partial charge < -0.3 is 0 Å². The van der Waals surface area contributed by atoms with E-state index in [2.05, 4.69) is 67.2 Å². The third-order valence-corrected chi connectivity index (χ3v) is 5.91. The van der Waals surface area contributed by atoms with Crippen LogP contribution in [-0.2, 0) is 7.05 Å². The van der Waals surface area contributed by atoms with E-state index in [-0.39, 0.29) is 0 Å². The summed E-state index contributed by atoms with van der Waals surface area (Å²) in [6.45, 7) is 4.16. The number of thiophene rings is 1. The first-order valence-electron chi connectivity index (χ1n) is 7.92. The summed E-state index contributed by atoms with van der Waals surface area (Å²) in [4.78, 5) is 0. The van der Waals surface area contributed by atoms with Crippen molar-refractivity contribution < 1.29 is 4.57 Å². The molecule has 0 radical (unpaired) electrons. The Hall–Kier alpha value is -2.70. The Kier molecular flexibility index (Phi) is 3.37. The van der Waals surface area contributed by atoms with Crippen molar-refractivity contribution in [3.8, 4) is 17.3 Å². The Morgan fingerprint density at radius 3 is 2.33 bits per heavy atom. The second-order valence-corrected chi connectivity index (χ2v) is 7.20. The molecule has 0 unspecified atom stereocenters. The fraction of sp³-hybridized carbons (Fsp3) is 0.143. The summed E-state index contributed by atoms with van der Waals surface area (Å²) in [6.07, 6.45) is 2.08. The van der Waals surface area contributed by atoms with Gasteiger partial charge in [-0.25, -0.2) is 4.57 Å². The van der Waals surface area contributed by atoms with Gasteiger partial charge in [-0.2, -0.15) is 5.26 Å². The summed E-state index contributed by atoms with van der Waals surface area (Å²) in [5.74, 6) is 0. The molecule has 24 heavy (non-hydrogen) atoms. The van der Waals surface area contributed by atoms with Crippen LogP contribution in [0.4, 0.5) is 0 Å². The highest BCUT2D eigenvalue weighted by molar-refractivity contribution is 7.26. The maximum absolute atomic E-state index is 9.58. The van der Waals surface area contributed by atoms with Gasteiger partial charge in [-0.3, -0.25) is 0 Å². The predicted molar refractivity (Wildman–Crippen MR) is 100 cm³/mol. The highest BCUT2D eigenvalue weighted by atomic mass is 32.1. The van der Waals surface area contributed by atoms with Crippen molar-refractivity contribution in [2.45, 2.75) is 13.8 Å². The van der Waals surface area contributed by atoms with Crippen LogP contribution in [0, 0.1) is 25.2 Å². The van der Waals surface area contributed by atoms with E-state index in [0.29, 0.717) is 0 Å². The van der Waals surface area contributed by atoms with Gasteiger partial charge in [0, 0.05) is 27.6 Å². The SMILES string of the molecule is Cc1ccc2c(sc3c(-c4cccc[n+]4C)c(C)ccc32)c1C#N. The highest BCUT2D eigenvalue weighted by Crippen LogP contribution is 2.42. The topological polar surface area (TPSA) is 27.7 Å². The van der Waals surface area contributed by atoms with Gasteiger partial charge in [0.1, 0.15) is 13.1 Å². The number of fused-ring (bicyclic) bond motifs is 3. The summed E-state index contributed by atoms with van der Waals surface area (Å²) in [6, 6.07) is 17.2. The van der Waals surface area contributed by atoms with E-state index >= 15 is 0 Å². The number of benzene rings is 2. The van der Waals surface area contributed by atoms with Gasteiger partial charge in [-0.1, -0.05) is 24.3 Å². The van der Waals surface area contributed by atoms with Crippen molar-refractivity contribution >= 4 is 31.5 Å². The van der Waals surface area contributed by atoms with E-state index in [4.69, 9.17) is 0 Å². The first-order valence-corrected chi connectivity index (χ1v) is 8.74. The third-order valence-electron chi connectivity index (χ3n) is 4.65. The minimum Gasteiger partial charge on any atom is -0.201 e. The van der Waals surface area contributed by atoms with E-state index in [1.807, 2.05) is 13.0 Å². The zero-order chi connectivity index (χ0) is 16.8. The number of pyridine rings is 1. The van der Waals surface area contributed by atoms with Crippen LogP contribution in [0.1, 0.15) is 16.7 Å². The second kappa shape index (κ2) is 5.43. The zero-order valence-corrected chi connectivity index (χ0v) is 14.7. The molecule has 116 valence electrons. The van der Waals surface area contributed by atoms with Crippen LogP contribution in [0.2, 0.25) is 0 Å². The van der Waals surface area contributed by atoms with Gasteiger partial charge in [0.05, 0.1) is 15.8 Å². The van der Waals surface area contributed by atoms with E-state index in [1.54, 1.807) is 11.3 Å². The average molecular weight is 329 g/mol. The Morgan fingerprint density at radius 2 is 1.62 bits per heavy atom. The molecule has 4 aromatic rings. The van der Waals surface area contributed by atoms with Crippen molar-refractivity contribution in [3.05, 3.63) is 65.4 Å². The van der Waals surface area contributed by atoms with E-state index in [0.717, 1.165) is 15.8 Å². The van der Waals surface area contributed by atoms with Crippen LogP contribution >= 0.6 is 11.3 Å². The largest absolute Gasteiger partial charge is 0.213 e. The lowest BCUT2D eigenvalue weighted by molar-refractivity contribution is -0.660. The number of hydrogen-bond acceptors (Lipinski definition) is 2. The highest BCUT2D eigenvalue weighted by Gasteiger charge is 2.19. The molecule has 0 saturated carbocycles. The molecule has 0 spiro atoms. The van der Waals surface area contributed by atoms with Crippen LogP contribution < -0.4 is 4.57 Å². The first-order chi connectivity index (χ1) is 11.6.